The van der Waals surface area contributed by atoms with Crippen molar-refractivity contribution in [2.45, 2.75) is 25.0 Å². The van der Waals surface area contributed by atoms with Crippen LogP contribution in [0.25, 0.3) is 0 Å². The summed E-state index contributed by atoms with van der Waals surface area (Å²) in [7, 11) is 1.46. The summed E-state index contributed by atoms with van der Waals surface area (Å²) < 4.78 is 85.6. The molecule has 0 bridgehead atoms. The standard InChI is InChI=1S/C28H26ClF5N4O9/c1-36-21(38-6-4-37(5-7-38)13-46-26(43)23(40)22(39)25(41)42)11-20(35-27(36)44)45-12-14-8-18(30)24(19(31)9-14)47-15-2-3-17(29)16(10-15)28(32,33)34/h2-3,8-11,22-23,39-40H,4-7,12-13H2,1H3,(H,41,42)/t22-,23-/m1/s1. The molecule has 1 aromatic heterocycles. The molecule has 0 radical (unpaired) electrons. The molecular formula is C28H26ClF5N4O9. The van der Waals surface area contributed by atoms with E-state index in [1.54, 1.807) is 9.80 Å². The summed E-state index contributed by atoms with van der Waals surface area (Å²) in [6.07, 6.45) is -9.43. The molecule has 0 unspecified atom stereocenters. The Morgan fingerprint density at radius 1 is 1.02 bits per heavy atom. The van der Waals surface area contributed by atoms with E-state index < -0.39 is 76.3 Å². The Morgan fingerprint density at radius 3 is 2.26 bits per heavy atom. The number of aliphatic hydroxyl groups excluding tert-OH is 2. The fourth-order valence-corrected chi connectivity index (χ4v) is 4.57. The van der Waals surface area contributed by atoms with Crippen LogP contribution in [0.5, 0.6) is 17.4 Å². The maximum absolute atomic E-state index is 14.8. The molecule has 254 valence electrons. The highest BCUT2D eigenvalue weighted by atomic mass is 35.5. The van der Waals surface area contributed by atoms with Crippen molar-refractivity contribution in [3.63, 3.8) is 0 Å². The highest BCUT2D eigenvalue weighted by molar-refractivity contribution is 6.31. The summed E-state index contributed by atoms with van der Waals surface area (Å²) >= 11 is 5.57. The number of esters is 1. The molecule has 0 spiro atoms. The molecule has 0 saturated carbocycles. The third-order valence-electron chi connectivity index (χ3n) is 6.88. The van der Waals surface area contributed by atoms with E-state index in [1.807, 2.05) is 0 Å². The lowest BCUT2D eigenvalue weighted by Gasteiger charge is -2.36. The molecule has 47 heavy (non-hydrogen) atoms. The molecule has 4 rings (SSSR count). The second-order valence-corrected chi connectivity index (χ2v) is 10.5. The fraction of sp³-hybridized carbons (Fsp3) is 0.357. The first-order chi connectivity index (χ1) is 22.0. The van der Waals surface area contributed by atoms with E-state index in [9.17, 15) is 46.5 Å². The lowest BCUT2D eigenvalue weighted by Crippen LogP contribution is -2.49. The summed E-state index contributed by atoms with van der Waals surface area (Å²) in [5.41, 5.74) is -2.00. The number of alkyl halides is 3. The van der Waals surface area contributed by atoms with E-state index in [4.69, 9.17) is 30.9 Å². The molecule has 3 aromatic rings. The first-order valence-corrected chi connectivity index (χ1v) is 13.9. The van der Waals surface area contributed by atoms with E-state index in [1.165, 1.54) is 17.7 Å². The van der Waals surface area contributed by atoms with Gasteiger partial charge in [0.2, 0.25) is 5.88 Å². The Morgan fingerprint density at radius 2 is 1.66 bits per heavy atom. The number of benzene rings is 2. The van der Waals surface area contributed by atoms with Gasteiger partial charge in [0.05, 0.1) is 10.6 Å². The van der Waals surface area contributed by atoms with Gasteiger partial charge in [-0.25, -0.2) is 23.2 Å². The highest BCUT2D eigenvalue weighted by Crippen LogP contribution is 2.38. The minimum absolute atomic E-state index is 0.0485. The largest absolute Gasteiger partial charge is 0.479 e. The van der Waals surface area contributed by atoms with Crippen molar-refractivity contribution in [3.8, 4) is 17.4 Å². The van der Waals surface area contributed by atoms with Crippen molar-refractivity contribution in [3.05, 3.63) is 74.7 Å². The van der Waals surface area contributed by atoms with Crippen LogP contribution in [0.1, 0.15) is 11.1 Å². The van der Waals surface area contributed by atoms with Gasteiger partial charge in [-0.05, 0) is 35.9 Å². The van der Waals surface area contributed by atoms with Crippen molar-refractivity contribution in [1.82, 2.24) is 14.5 Å². The minimum Gasteiger partial charge on any atom is -0.479 e. The topological polar surface area (TPSA) is 164 Å². The van der Waals surface area contributed by atoms with Crippen LogP contribution in [0.4, 0.5) is 27.8 Å². The number of hydrogen-bond donors (Lipinski definition) is 3. The van der Waals surface area contributed by atoms with E-state index in [0.29, 0.717) is 38.1 Å². The molecule has 2 heterocycles. The monoisotopic (exact) mass is 692 g/mol. The van der Waals surface area contributed by atoms with Crippen molar-refractivity contribution >= 4 is 29.4 Å². The number of carbonyl (C=O) groups excluding carboxylic acids is 1. The van der Waals surface area contributed by atoms with Crippen LogP contribution in [0.15, 0.2) is 41.2 Å². The average molecular weight is 693 g/mol. The van der Waals surface area contributed by atoms with Crippen molar-refractivity contribution in [1.29, 1.82) is 0 Å². The lowest BCUT2D eigenvalue weighted by molar-refractivity contribution is -0.173. The number of halogens is 6. The number of ether oxygens (including phenoxy) is 3. The van der Waals surface area contributed by atoms with E-state index >= 15 is 0 Å². The van der Waals surface area contributed by atoms with Gasteiger partial charge in [0.1, 0.15) is 24.9 Å². The number of carboxylic acid groups (broad SMARTS) is 1. The van der Waals surface area contributed by atoms with Gasteiger partial charge in [-0.1, -0.05) is 11.6 Å². The zero-order chi connectivity index (χ0) is 34.6. The summed E-state index contributed by atoms with van der Waals surface area (Å²) in [5.74, 6) is -6.84. The number of anilines is 1. The molecule has 1 aliphatic rings. The maximum atomic E-state index is 14.8. The molecule has 2 atom stereocenters. The normalized spacial score (nSPS) is 15.2. The second kappa shape index (κ2) is 14.5. The molecule has 19 heteroatoms. The minimum atomic E-state index is -4.82. The average Bonchev–Trinajstić information content (AvgIpc) is 3.01. The van der Waals surface area contributed by atoms with E-state index in [2.05, 4.69) is 4.98 Å². The predicted molar refractivity (Wildman–Crippen MR) is 151 cm³/mol. The van der Waals surface area contributed by atoms with Crippen LogP contribution < -0.4 is 20.1 Å². The molecule has 13 nitrogen and oxygen atoms in total. The SMILES string of the molecule is Cn1c(N2CCN(COC(=O)[C@H](O)[C@@H](O)C(=O)O)CC2)cc(OCc2cc(F)c(Oc3ccc(Cl)c(C(F)(F)F)c3)c(F)c2)nc1=O. The molecule has 0 aliphatic carbocycles. The van der Waals surface area contributed by atoms with Crippen LogP contribution in [0.3, 0.4) is 0 Å². The zero-order valence-corrected chi connectivity index (χ0v) is 25.0. The third-order valence-corrected chi connectivity index (χ3v) is 7.21. The molecule has 3 N–H and O–H groups in total. The maximum Gasteiger partial charge on any atom is 0.417 e. The molecule has 1 aliphatic heterocycles. The molecule has 1 saturated heterocycles. The first-order valence-electron chi connectivity index (χ1n) is 13.5. The van der Waals surface area contributed by atoms with Crippen molar-refractivity contribution in [2.75, 3.05) is 37.8 Å². The number of aliphatic carboxylic acids is 1. The number of nitrogens with zero attached hydrogens (tertiary/aromatic N) is 4. The number of rotatable bonds is 11. The van der Waals surface area contributed by atoms with Crippen LogP contribution in [-0.2, 0) is 34.2 Å². The summed E-state index contributed by atoms with van der Waals surface area (Å²) in [6.45, 7) is 0.477. The Labute approximate surface area is 266 Å². The number of aromatic nitrogens is 2. The molecule has 2 aromatic carbocycles. The lowest BCUT2D eigenvalue weighted by atomic mass is 10.2. The number of carbonyl (C=O) groups is 2. The zero-order valence-electron chi connectivity index (χ0n) is 24.2. The van der Waals surface area contributed by atoms with Gasteiger partial charge in [0.25, 0.3) is 0 Å². The van der Waals surface area contributed by atoms with Crippen LogP contribution in [-0.4, -0.2) is 86.8 Å². The van der Waals surface area contributed by atoms with Crippen LogP contribution in [0, 0.1) is 11.6 Å². The summed E-state index contributed by atoms with van der Waals surface area (Å²) in [6, 6.07) is 5.51. The van der Waals surface area contributed by atoms with Crippen LogP contribution in [0.2, 0.25) is 5.02 Å². The highest BCUT2D eigenvalue weighted by Gasteiger charge is 2.34. The van der Waals surface area contributed by atoms with E-state index in [-0.39, 0.29) is 18.2 Å². The first kappa shape index (κ1) is 35.3. The third kappa shape index (κ3) is 8.64. The fourth-order valence-electron chi connectivity index (χ4n) is 4.35. The number of hydrogen-bond acceptors (Lipinski definition) is 11. The van der Waals surface area contributed by atoms with Crippen LogP contribution >= 0.6 is 11.6 Å². The van der Waals surface area contributed by atoms with Gasteiger partial charge >= 0.3 is 23.8 Å². The molecular weight excluding hydrogens is 667 g/mol. The second-order valence-electron chi connectivity index (χ2n) is 10.1. The van der Waals surface area contributed by atoms with Gasteiger partial charge in [0, 0.05) is 39.3 Å². The van der Waals surface area contributed by atoms with Crippen molar-refractivity contribution < 1.29 is 61.1 Å². The van der Waals surface area contributed by atoms with Crippen molar-refractivity contribution in [2.24, 2.45) is 7.05 Å². The van der Waals surface area contributed by atoms with Gasteiger partial charge in [-0.2, -0.15) is 18.2 Å². The Bertz CT molecular complexity index is 1680. The van der Waals surface area contributed by atoms with Gasteiger partial charge in [-0.15, -0.1) is 0 Å². The number of piperazine rings is 1. The van der Waals surface area contributed by atoms with Gasteiger partial charge in [0.15, 0.2) is 29.6 Å². The predicted octanol–water partition coefficient (Wildman–Crippen LogP) is 2.53. The van der Waals surface area contributed by atoms with Gasteiger partial charge in [-0.3, -0.25) is 9.47 Å². The Balaban J connectivity index is 1.38. The quantitative estimate of drug-likeness (QED) is 0.199. The Kier molecular flexibility index (Phi) is 10.9. The number of aliphatic hydroxyl groups is 2. The Hall–Kier alpha value is -4.52. The number of carboxylic acids is 1. The molecule has 1 fully saturated rings. The summed E-state index contributed by atoms with van der Waals surface area (Å²) in [5, 5.41) is 26.9. The smallest absolute Gasteiger partial charge is 0.417 e. The summed E-state index contributed by atoms with van der Waals surface area (Å²) in [4.78, 5) is 42.3. The molecule has 0 amide bonds. The van der Waals surface area contributed by atoms with Gasteiger partial charge < -0.3 is 34.4 Å². The van der Waals surface area contributed by atoms with E-state index in [0.717, 1.165) is 24.3 Å².